The molecule has 0 aliphatic heterocycles. The van der Waals surface area contributed by atoms with Crippen molar-refractivity contribution >= 4 is 34.7 Å². The Morgan fingerprint density at radius 2 is 2.02 bits per heavy atom. The summed E-state index contributed by atoms with van der Waals surface area (Å²) in [5, 5.41) is 19.5. The second-order valence-electron chi connectivity index (χ2n) is 10.7. The zero-order valence-electron chi connectivity index (χ0n) is 22.7. The number of amidine groups is 1. The number of alkyl halides is 2. The van der Waals surface area contributed by atoms with Gasteiger partial charge in [-0.15, -0.1) is 6.58 Å². The molecule has 1 amide bonds. The molecule has 3 heterocycles. The second-order valence-corrected chi connectivity index (χ2v) is 11.1. The van der Waals surface area contributed by atoms with Gasteiger partial charge in [0.2, 0.25) is 0 Å². The molecule has 0 bridgehead atoms. The quantitative estimate of drug-likeness (QED) is 0.155. The van der Waals surface area contributed by atoms with Crippen molar-refractivity contribution in [3.05, 3.63) is 71.3 Å². The number of hydrogen-bond acceptors (Lipinski definition) is 6. The number of nitrogens with one attached hydrogen (secondary N) is 2. The second kappa shape index (κ2) is 11.7. The summed E-state index contributed by atoms with van der Waals surface area (Å²) < 4.78 is 48.6. The largest absolute Gasteiger partial charge is 0.465 e. The molecule has 1 saturated carbocycles. The maximum absolute atomic E-state index is 16.9. The number of carboxylic acid groups (broad SMARTS) is 1. The summed E-state index contributed by atoms with van der Waals surface area (Å²) in [4.78, 5) is 28.6. The number of imidazole rings is 1. The monoisotopic (exact) mass is 599 g/mol. The molecule has 2 unspecified atom stereocenters. The standard InChI is InChI=1S/C29H29ClF3N7O2/c1-3-15-7-9-16(10-8-15)14-40-23-22(17-11-18(30)13-35-12-17)36-26(24(34)37-28(41)42)38-25(23)39-27(40)29(2,33)21-19(31)5-4-6-20(21)32/h3-5,11-13,15-16,20H,1,6-10,14H2,2H3,(H2,34,37)(H,41,42). The van der Waals surface area contributed by atoms with Crippen LogP contribution in [-0.2, 0) is 12.2 Å². The summed E-state index contributed by atoms with van der Waals surface area (Å²) in [5.41, 5.74) is -2.66. The van der Waals surface area contributed by atoms with E-state index in [9.17, 15) is 4.79 Å². The van der Waals surface area contributed by atoms with Crippen LogP contribution >= 0.6 is 11.6 Å². The van der Waals surface area contributed by atoms with E-state index in [1.807, 2.05) is 11.4 Å². The first-order valence-corrected chi connectivity index (χ1v) is 13.9. The van der Waals surface area contributed by atoms with Gasteiger partial charge in [-0.25, -0.2) is 32.9 Å². The van der Waals surface area contributed by atoms with Crippen LogP contribution in [0.1, 0.15) is 50.7 Å². The van der Waals surface area contributed by atoms with Gasteiger partial charge in [0, 0.05) is 36.5 Å². The summed E-state index contributed by atoms with van der Waals surface area (Å²) in [6, 6.07) is 1.56. The summed E-state index contributed by atoms with van der Waals surface area (Å²) in [6.45, 7) is 5.22. The van der Waals surface area contributed by atoms with Crippen molar-refractivity contribution in [3.63, 3.8) is 0 Å². The van der Waals surface area contributed by atoms with E-state index in [-0.39, 0.29) is 52.4 Å². The number of nitrogens with zero attached hydrogens (tertiary/aromatic N) is 5. The van der Waals surface area contributed by atoms with Crippen LogP contribution in [0.15, 0.2) is 54.7 Å². The van der Waals surface area contributed by atoms with E-state index in [0.717, 1.165) is 38.7 Å². The zero-order chi connectivity index (χ0) is 30.2. The van der Waals surface area contributed by atoms with E-state index in [2.05, 4.69) is 26.5 Å². The third-order valence-corrected chi connectivity index (χ3v) is 8.01. The lowest BCUT2D eigenvalue weighted by Crippen LogP contribution is -2.32. The van der Waals surface area contributed by atoms with Crippen LogP contribution in [0, 0.1) is 17.2 Å². The van der Waals surface area contributed by atoms with Crippen molar-refractivity contribution in [2.24, 2.45) is 11.8 Å². The van der Waals surface area contributed by atoms with Gasteiger partial charge in [0.25, 0.3) is 0 Å². The first-order chi connectivity index (χ1) is 20.0. The van der Waals surface area contributed by atoms with Crippen molar-refractivity contribution in [2.45, 2.75) is 57.4 Å². The Balaban J connectivity index is 1.77. The van der Waals surface area contributed by atoms with Crippen LogP contribution in [0.25, 0.3) is 22.4 Å². The zero-order valence-corrected chi connectivity index (χ0v) is 23.5. The molecular formula is C29H29ClF3N7O2. The van der Waals surface area contributed by atoms with Crippen molar-refractivity contribution < 1.29 is 23.1 Å². The predicted octanol–water partition coefficient (Wildman–Crippen LogP) is 6.83. The Kier molecular flexibility index (Phi) is 8.18. The van der Waals surface area contributed by atoms with E-state index >= 15 is 13.2 Å². The lowest BCUT2D eigenvalue weighted by atomic mass is 9.82. The number of amides is 1. The number of hydrogen-bond donors (Lipinski definition) is 3. The summed E-state index contributed by atoms with van der Waals surface area (Å²) >= 11 is 6.23. The molecule has 2 atom stereocenters. The third-order valence-electron chi connectivity index (χ3n) is 7.81. The Labute approximate surface area is 244 Å². The Bertz CT molecular complexity index is 1630. The van der Waals surface area contributed by atoms with Crippen LogP contribution in [0.5, 0.6) is 0 Å². The smallest absolute Gasteiger partial charge is 0.410 e. The van der Waals surface area contributed by atoms with Crippen molar-refractivity contribution in [1.29, 1.82) is 5.41 Å². The molecule has 0 radical (unpaired) electrons. The SMILES string of the molecule is C=CC1CCC(Cn2c(C(C)(F)C3=C(F)C=CCC3F)nc3nc(C(=N)NC(=O)O)nc(-c4cncc(Cl)c4)c32)CC1. The van der Waals surface area contributed by atoms with E-state index < -0.39 is 35.2 Å². The van der Waals surface area contributed by atoms with Gasteiger partial charge in [-0.2, -0.15) is 0 Å². The number of rotatable bonds is 7. The molecule has 3 N–H and O–H groups in total. The number of halogens is 4. The van der Waals surface area contributed by atoms with Crippen LogP contribution in [-0.4, -0.2) is 47.7 Å². The van der Waals surface area contributed by atoms with E-state index in [1.54, 1.807) is 10.6 Å². The van der Waals surface area contributed by atoms with Gasteiger partial charge in [0.05, 0.1) is 5.02 Å². The number of carbonyl (C=O) groups is 1. The molecule has 3 aromatic heterocycles. The van der Waals surface area contributed by atoms with Gasteiger partial charge in [-0.1, -0.05) is 23.8 Å². The molecule has 0 aromatic carbocycles. The molecule has 13 heteroatoms. The molecule has 0 spiro atoms. The highest BCUT2D eigenvalue weighted by atomic mass is 35.5. The Morgan fingerprint density at radius 3 is 2.67 bits per heavy atom. The number of pyridine rings is 1. The van der Waals surface area contributed by atoms with Crippen LogP contribution in [0.4, 0.5) is 18.0 Å². The summed E-state index contributed by atoms with van der Waals surface area (Å²) in [6.07, 6.45) is 6.96. The van der Waals surface area contributed by atoms with Gasteiger partial charge >= 0.3 is 6.09 Å². The van der Waals surface area contributed by atoms with Gasteiger partial charge in [0.1, 0.15) is 23.2 Å². The Hall–Kier alpha value is -4.06. The molecule has 42 heavy (non-hydrogen) atoms. The number of aromatic nitrogens is 5. The fraction of sp³-hybridized carbons (Fsp3) is 0.379. The van der Waals surface area contributed by atoms with Gasteiger partial charge in [-0.05, 0) is 56.6 Å². The molecule has 2 aliphatic rings. The first kappa shape index (κ1) is 29.4. The first-order valence-electron chi connectivity index (χ1n) is 13.5. The van der Waals surface area contributed by atoms with Gasteiger partial charge in [-0.3, -0.25) is 15.7 Å². The minimum absolute atomic E-state index is 0.0756. The topological polar surface area (TPSA) is 130 Å². The maximum atomic E-state index is 16.9. The maximum Gasteiger partial charge on any atom is 0.410 e. The van der Waals surface area contributed by atoms with E-state index in [0.29, 0.717) is 11.5 Å². The normalized spacial score (nSPS) is 22.2. The average Bonchev–Trinajstić information content (AvgIpc) is 3.31. The minimum Gasteiger partial charge on any atom is -0.465 e. The molecule has 2 aliphatic carbocycles. The van der Waals surface area contributed by atoms with E-state index in [1.165, 1.54) is 18.5 Å². The molecule has 5 rings (SSSR count). The molecule has 220 valence electrons. The predicted molar refractivity (Wildman–Crippen MR) is 152 cm³/mol. The van der Waals surface area contributed by atoms with Crippen molar-refractivity contribution in [3.8, 4) is 11.3 Å². The molecule has 0 saturated heterocycles. The van der Waals surface area contributed by atoms with E-state index in [4.69, 9.17) is 22.1 Å². The van der Waals surface area contributed by atoms with Crippen LogP contribution in [0.3, 0.4) is 0 Å². The minimum atomic E-state index is -2.69. The molecule has 1 fully saturated rings. The average molecular weight is 600 g/mol. The van der Waals surface area contributed by atoms with Crippen LogP contribution < -0.4 is 5.32 Å². The third kappa shape index (κ3) is 5.67. The summed E-state index contributed by atoms with van der Waals surface area (Å²) in [5.74, 6) is -1.81. The van der Waals surface area contributed by atoms with Crippen molar-refractivity contribution in [2.75, 3.05) is 0 Å². The fourth-order valence-corrected chi connectivity index (χ4v) is 5.92. The highest BCUT2D eigenvalue weighted by molar-refractivity contribution is 6.30. The van der Waals surface area contributed by atoms with Gasteiger partial charge in [0.15, 0.2) is 28.8 Å². The van der Waals surface area contributed by atoms with Crippen molar-refractivity contribution in [1.82, 2.24) is 29.8 Å². The number of fused-ring (bicyclic) bond motifs is 1. The lowest BCUT2D eigenvalue weighted by molar-refractivity contribution is 0.174. The molecular weight excluding hydrogens is 571 g/mol. The van der Waals surface area contributed by atoms with Crippen LogP contribution in [0.2, 0.25) is 5.02 Å². The summed E-state index contributed by atoms with van der Waals surface area (Å²) in [7, 11) is 0. The highest BCUT2D eigenvalue weighted by Crippen LogP contribution is 2.44. The Morgan fingerprint density at radius 1 is 1.29 bits per heavy atom. The van der Waals surface area contributed by atoms with Gasteiger partial charge < -0.3 is 9.67 Å². The number of allylic oxidation sites excluding steroid dienone is 5. The highest BCUT2D eigenvalue weighted by Gasteiger charge is 2.44. The lowest BCUT2D eigenvalue weighted by Gasteiger charge is -2.31. The fourth-order valence-electron chi connectivity index (χ4n) is 5.74. The molecule has 3 aromatic rings. The molecule has 9 nitrogen and oxygen atoms in total.